The lowest BCUT2D eigenvalue weighted by molar-refractivity contribution is 0.659. The summed E-state index contributed by atoms with van der Waals surface area (Å²) in [5.74, 6) is 0. The Kier molecular flexibility index (Phi) is 5.46. The SMILES string of the molecule is CC1(C)c2ccncc2-c2ccc(N3CCc4c3ccc3c4-c4ccccc4-c4ccccc4N3c3ccc4ccccc4c3)cc21. The van der Waals surface area contributed by atoms with Crippen molar-refractivity contribution in [2.75, 3.05) is 16.3 Å². The minimum atomic E-state index is -0.0645. The van der Waals surface area contributed by atoms with Crippen molar-refractivity contribution in [3.05, 3.63) is 156 Å². The van der Waals surface area contributed by atoms with Crippen molar-refractivity contribution >= 4 is 39.2 Å². The molecule has 0 radical (unpaired) electrons. The fourth-order valence-electron chi connectivity index (χ4n) is 8.54. The second-order valence-electron chi connectivity index (χ2n) is 13.6. The molecule has 0 saturated carbocycles. The number of anilines is 5. The monoisotopic (exact) mass is 603 g/mol. The summed E-state index contributed by atoms with van der Waals surface area (Å²) >= 11 is 0. The molecule has 0 amide bonds. The van der Waals surface area contributed by atoms with E-state index >= 15 is 0 Å². The van der Waals surface area contributed by atoms with Crippen molar-refractivity contribution in [3.8, 4) is 33.4 Å². The Morgan fingerprint density at radius 2 is 1.30 bits per heavy atom. The molecule has 1 aromatic heterocycles. The first-order chi connectivity index (χ1) is 23.1. The largest absolute Gasteiger partial charge is 0.341 e. The van der Waals surface area contributed by atoms with Gasteiger partial charge in [-0.15, -0.1) is 0 Å². The molecule has 6 aromatic carbocycles. The molecule has 10 rings (SSSR count). The van der Waals surface area contributed by atoms with Crippen molar-refractivity contribution < 1.29 is 0 Å². The van der Waals surface area contributed by atoms with Gasteiger partial charge in [0.1, 0.15) is 0 Å². The molecule has 224 valence electrons. The van der Waals surface area contributed by atoms with E-state index < -0.39 is 0 Å². The Morgan fingerprint density at radius 3 is 2.19 bits per heavy atom. The van der Waals surface area contributed by atoms with E-state index in [0.717, 1.165) is 13.0 Å². The Bertz CT molecular complexity index is 2420. The summed E-state index contributed by atoms with van der Waals surface area (Å²) in [5.41, 5.74) is 18.0. The number of fused-ring (bicyclic) bond motifs is 11. The molecule has 3 heteroatoms. The Morgan fingerprint density at radius 1 is 0.553 bits per heavy atom. The zero-order valence-electron chi connectivity index (χ0n) is 26.5. The normalized spacial score (nSPS) is 14.9. The van der Waals surface area contributed by atoms with Gasteiger partial charge in [-0.1, -0.05) is 92.7 Å². The summed E-state index contributed by atoms with van der Waals surface area (Å²) in [6, 6.07) is 47.3. The summed E-state index contributed by atoms with van der Waals surface area (Å²) in [6.07, 6.45) is 4.94. The van der Waals surface area contributed by atoms with Crippen LogP contribution in [-0.2, 0) is 11.8 Å². The number of aromatic nitrogens is 1. The van der Waals surface area contributed by atoms with E-state index in [4.69, 9.17) is 0 Å². The van der Waals surface area contributed by atoms with Crippen LogP contribution in [0.15, 0.2) is 140 Å². The number of pyridine rings is 1. The van der Waals surface area contributed by atoms with Gasteiger partial charge in [0.05, 0.1) is 11.4 Å². The van der Waals surface area contributed by atoms with E-state index in [1.165, 1.54) is 89.3 Å². The minimum absolute atomic E-state index is 0.0645. The summed E-state index contributed by atoms with van der Waals surface area (Å²) in [7, 11) is 0. The third-order valence-electron chi connectivity index (χ3n) is 10.8. The van der Waals surface area contributed by atoms with Crippen LogP contribution in [0.5, 0.6) is 0 Å². The second kappa shape index (κ2) is 9.67. The molecule has 47 heavy (non-hydrogen) atoms. The molecule has 0 saturated heterocycles. The van der Waals surface area contributed by atoms with Gasteiger partial charge in [-0.05, 0) is 99.1 Å². The van der Waals surface area contributed by atoms with E-state index in [1.807, 2.05) is 12.4 Å². The third kappa shape index (κ3) is 3.71. The molecule has 3 heterocycles. The lowest BCUT2D eigenvalue weighted by Crippen LogP contribution is -2.17. The van der Waals surface area contributed by atoms with Gasteiger partial charge in [0.15, 0.2) is 0 Å². The highest BCUT2D eigenvalue weighted by Crippen LogP contribution is 2.55. The minimum Gasteiger partial charge on any atom is -0.341 e. The topological polar surface area (TPSA) is 19.4 Å². The maximum atomic E-state index is 4.46. The van der Waals surface area contributed by atoms with E-state index in [-0.39, 0.29) is 5.41 Å². The fraction of sp³-hybridized carbons (Fsp3) is 0.114. The van der Waals surface area contributed by atoms with Crippen LogP contribution in [0.4, 0.5) is 28.4 Å². The van der Waals surface area contributed by atoms with Crippen LogP contribution in [0.2, 0.25) is 0 Å². The summed E-state index contributed by atoms with van der Waals surface area (Å²) in [5, 5.41) is 2.50. The highest BCUT2D eigenvalue weighted by molar-refractivity contribution is 6.05. The van der Waals surface area contributed by atoms with E-state index in [2.05, 4.69) is 156 Å². The molecular formula is C44H33N3. The van der Waals surface area contributed by atoms with Crippen LogP contribution in [0.3, 0.4) is 0 Å². The molecule has 0 unspecified atom stereocenters. The molecular weight excluding hydrogens is 571 g/mol. The zero-order valence-corrected chi connectivity index (χ0v) is 26.5. The maximum Gasteiger partial charge on any atom is 0.0544 e. The standard InChI is InChI=1S/C44H33N3/c1-44(2)38-21-23-45-27-37(38)33-18-17-30(26-39(33)44)46-24-22-36-40(46)19-20-42-43(36)35-13-6-5-11-32(35)34-12-7-8-14-41(34)47(42)31-16-15-28-9-3-4-10-29(28)25-31/h3-21,23,25-27H,22,24H2,1-2H3. The van der Waals surface area contributed by atoms with Crippen LogP contribution >= 0.6 is 0 Å². The Hall–Kier alpha value is -5.67. The zero-order chi connectivity index (χ0) is 31.3. The average molecular weight is 604 g/mol. The Labute approximate surface area is 275 Å². The van der Waals surface area contributed by atoms with Gasteiger partial charge in [-0.2, -0.15) is 0 Å². The quantitative estimate of drug-likeness (QED) is 0.196. The molecule has 0 spiro atoms. The van der Waals surface area contributed by atoms with E-state index in [1.54, 1.807) is 0 Å². The van der Waals surface area contributed by atoms with Crippen LogP contribution in [0.1, 0.15) is 30.5 Å². The molecule has 3 aliphatic rings. The first-order valence-electron chi connectivity index (χ1n) is 16.6. The van der Waals surface area contributed by atoms with E-state index in [9.17, 15) is 0 Å². The summed E-state index contributed by atoms with van der Waals surface area (Å²) in [6.45, 7) is 5.63. The first-order valence-corrected chi connectivity index (χ1v) is 16.6. The predicted molar refractivity (Wildman–Crippen MR) is 196 cm³/mol. The molecule has 0 bridgehead atoms. The van der Waals surface area contributed by atoms with Gasteiger partial charge in [0.2, 0.25) is 0 Å². The highest BCUT2D eigenvalue weighted by Gasteiger charge is 2.37. The highest BCUT2D eigenvalue weighted by atomic mass is 15.2. The van der Waals surface area contributed by atoms with Crippen LogP contribution in [0, 0.1) is 0 Å². The Balaban J connectivity index is 1.18. The van der Waals surface area contributed by atoms with Crippen LogP contribution < -0.4 is 9.80 Å². The van der Waals surface area contributed by atoms with Gasteiger partial charge in [-0.3, -0.25) is 4.98 Å². The second-order valence-corrected chi connectivity index (χ2v) is 13.6. The van der Waals surface area contributed by atoms with Crippen LogP contribution in [-0.4, -0.2) is 11.5 Å². The first kappa shape index (κ1) is 26.5. The van der Waals surface area contributed by atoms with E-state index in [0.29, 0.717) is 0 Å². The average Bonchev–Trinajstić information content (AvgIpc) is 3.61. The number of hydrogen-bond donors (Lipinski definition) is 0. The number of para-hydroxylation sites is 1. The summed E-state index contributed by atoms with van der Waals surface area (Å²) < 4.78 is 0. The van der Waals surface area contributed by atoms with Gasteiger partial charge in [0.25, 0.3) is 0 Å². The summed E-state index contributed by atoms with van der Waals surface area (Å²) in [4.78, 5) is 9.49. The van der Waals surface area contributed by atoms with Crippen molar-refractivity contribution in [2.45, 2.75) is 25.7 Å². The van der Waals surface area contributed by atoms with Crippen molar-refractivity contribution in [1.82, 2.24) is 4.98 Å². The van der Waals surface area contributed by atoms with Crippen molar-refractivity contribution in [1.29, 1.82) is 0 Å². The van der Waals surface area contributed by atoms with Gasteiger partial charge >= 0.3 is 0 Å². The lowest BCUT2D eigenvalue weighted by atomic mass is 9.82. The molecule has 3 nitrogen and oxygen atoms in total. The predicted octanol–water partition coefficient (Wildman–Crippen LogP) is 11.4. The molecule has 1 aliphatic carbocycles. The molecule has 0 atom stereocenters. The molecule has 7 aromatic rings. The van der Waals surface area contributed by atoms with Crippen molar-refractivity contribution in [3.63, 3.8) is 0 Å². The lowest BCUT2D eigenvalue weighted by Gasteiger charge is -2.29. The number of hydrogen-bond acceptors (Lipinski definition) is 3. The van der Waals surface area contributed by atoms with Gasteiger partial charge < -0.3 is 9.80 Å². The maximum absolute atomic E-state index is 4.46. The van der Waals surface area contributed by atoms with Gasteiger partial charge in [0, 0.05) is 58.1 Å². The number of nitrogens with zero attached hydrogens (tertiary/aromatic N) is 3. The third-order valence-corrected chi connectivity index (χ3v) is 10.8. The fourth-order valence-corrected chi connectivity index (χ4v) is 8.54. The molecule has 0 N–H and O–H groups in total. The number of rotatable bonds is 2. The van der Waals surface area contributed by atoms with Crippen molar-refractivity contribution in [2.24, 2.45) is 0 Å². The van der Waals surface area contributed by atoms with Crippen LogP contribution in [0.25, 0.3) is 44.2 Å². The molecule has 2 aliphatic heterocycles. The van der Waals surface area contributed by atoms with Gasteiger partial charge in [-0.25, -0.2) is 0 Å². The smallest absolute Gasteiger partial charge is 0.0544 e. The number of benzene rings is 6. The molecule has 0 fully saturated rings.